The summed E-state index contributed by atoms with van der Waals surface area (Å²) in [5.74, 6) is 0.553. The van der Waals surface area contributed by atoms with E-state index in [1.54, 1.807) is 29.7 Å². The van der Waals surface area contributed by atoms with Crippen LogP contribution in [0.1, 0.15) is 33.4 Å². The predicted molar refractivity (Wildman–Crippen MR) is 212 cm³/mol. The van der Waals surface area contributed by atoms with Gasteiger partial charge in [-0.25, -0.2) is 4.79 Å². The molecule has 10 nitrogen and oxygen atoms in total. The van der Waals surface area contributed by atoms with Crippen LogP contribution in [0.3, 0.4) is 0 Å². The van der Waals surface area contributed by atoms with Crippen LogP contribution in [-0.4, -0.2) is 83.7 Å². The predicted octanol–water partition coefficient (Wildman–Crippen LogP) is 5.28. The number of amides is 2. The molecule has 3 atom stereocenters. The Hall–Kier alpha value is -4.65. The Balaban J connectivity index is 1.12. The fraction of sp³-hybridized carbons (Fsp3) is 0.357. The monoisotopic (exact) mass is 736 g/mol. The minimum atomic E-state index is -0.434. The first-order valence-electron chi connectivity index (χ1n) is 18.5. The number of phenols is 2. The van der Waals surface area contributed by atoms with Crippen molar-refractivity contribution in [3.63, 3.8) is 0 Å². The molecule has 2 aliphatic rings. The highest BCUT2D eigenvalue weighted by molar-refractivity contribution is 7.07. The number of benzene rings is 3. The molecule has 0 saturated carbocycles. The third-order valence-electron chi connectivity index (χ3n) is 9.83. The van der Waals surface area contributed by atoms with Gasteiger partial charge in [0.2, 0.25) is 6.35 Å². The van der Waals surface area contributed by atoms with E-state index in [0.29, 0.717) is 52.4 Å². The first-order valence-corrected chi connectivity index (χ1v) is 19.4. The molecule has 0 bridgehead atoms. The highest BCUT2D eigenvalue weighted by atomic mass is 32.1. The standard InChI is InChI=1S/C42H52N6O4S/c1-2-18-48(29-38-23-34-10-12-40(50)25-36(34)27-46-38)42(44-17-13-31-7-4-3-5-8-31)52-20-6-19-47(41(51)43-16-14-32-15-21-53-30-32)28-37-22-33-9-11-39(49)24-35(33)26-45-37/h2-12,15,20-21,24-25,30,37-38,42,44-46,49-50H,1,13-14,16-19,22-23,26-29H2,(H,43,51). The van der Waals surface area contributed by atoms with E-state index in [0.717, 1.165) is 36.8 Å². The van der Waals surface area contributed by atoms with Crippen LogP contribution in [0.25, 0.3) is 0 Å². The van der Waals surface area contributed by atoms with Crippen molar-refractivity contribution in [3.8, 4) is 11.5 Å². The molecule has 0 spiro atoms. The molecule has 0 saturated heterocycles. The van der Waals surface area contributed by atoms with E-state index in [4.69, 9.17) is 4.74 Å². The van der Waals surface area contributed by atoms with Crippen LogP contribution in [0.4, 0.5) is 4.79 Å². The van der Waals surface area contributed by atoms with Crippen molar-refractivity contribution in [2.24, 2.45) is 0 Å². The molecule has 11 heteroatoms. The van der Waals surface area contributed by atoms with Crippen LogP contribution >= 0.6 is 11.3 Å². The summed E-state index contributed by atoms with van der Waals surface area (Å²) in [6.07, 6.45) is 8.31. The van der Waals surface area contributed by atoms with Gasteiger partial charge in [0.05, 0.1) is 6.26 Å². The van der Waals surface area contributed by atoms with Crippen molar-refractivity contribution in [1.29, 1.82) is 0 Å². The van der Waals surface area contributed by atoms with E-state index < -0.39 is 6.35 Å². The second-order valence-corrected chi connectivity index (χ2v) is 14.6. The number of phenolic OH excluding ortho intramolecular Hbond substituents is 2. The summed E-state index contributed by atoms with van der Waals surface area (Å²) in [5.41, 5.74) is 7.09. The molecule has 3 aromatic carbocycles. The van der Waals surface area contributed by atoms with Crippen LogP contribution in [0.5, 0.6) is 11.5 Å². The summed E-state index contributed by atoms with van der Waals surface area (Å²) in [6.45, 7) is 8.86. The average molecular weight is 737 g/mol. The third kappa shape index (κ3) is 11.4. The molecule has 3 unspecified atom stereocenters. The second-order valence-electron chi connectivity index (χ2n) is 13.8. The molecule has 1 aromatic heterocycles. The number of rotatable bonds is 18. The number of carbonyl (C=O) groups excluding carboxylic acids is 1. The van der Waals surface area contributed by atoms with Gasteiger partial charge in [0, 0.05) is 64.4 Å². The maximum Gasteiger partial charge on any atom is 0.317 e. The Morgan fingerprint density at radius 3 is 2.21 bits per heavy atom. The number of hydrogen-bond donors (Lipinski definition) is 6. The minimum Gasteiger partial charge on any atom is -0.508 e. The number of aromatic hydroxyl groups is 2. The van der Waals surface area contributed by atoms with Gasteiger partial charge in [0.25, 0.3) is 0 Å². The zero-order valence-electron chi connectivity index (χ0n) is 30.3. The Morgan fingerprint density at radius 1 is 0.868 bits per heavy atom. The molecule has 280 valence electrons. The lowest BCUT2D eigenvalue weighted by atomic mass is 9.95. The van der Waals surface area contributed by atoms with Crippen molar-refractivity contribution >= 4 is 17.4 Å². The van der Waals surface area contributed by atoms with Gasteiger partial charge >= 0.3 is 6.03 Å². The first-order chi connectivity index (χ1) is 25.9. The molecule has 0 fully saturated rings. The molecule has 0 radical (unpaired) electrons. The number of urea groups is 1. The molecule has 6 rings (SSSR count). The van der Waals surface area contributed by atoms with E-state index in [1.165, 1.54) is 22.3 Å². The normalized spacial score (nSPS) is 17.2. The van der Waals surface area contributed by atoms with Crippen LogP contribution < -0.4 is 21.3 Å². The summed E-state index contributed by atoms with van der Waals surface area (Å²) in [4.78, 5) is 17.7. The molecule has 6 N–H and O–H groups in total. The lowest BCUT2D eigenvalue weighted by Gasteiger charge is -2.35. The Labute approximate surface area is 317 Å². The van der Waals surface area contributed by atoms with Crippen LogP contribution in [0.15, 0.2) is 109 Å². The van der Waals surface area contributed by atoms with E-state index in [2.05, 4.69) is 73.8 Å². The maximum absolute atomic E-state index is 13.6. The third-order valence-corrected chi connectivity index (χ3v) is 10.6. The van der Waals surface area contributed by atoms with E-state index >= 15 is 0 Å². The second kappa shape index (κ2) is 19.4. The highest BCUT2D eigenvalue weighted by Crippen LogP contribution is 2.23. The van der Waals surface area contributed by atoms with Gasteiger partial charge in [-0.15, -0.1) is 6.58 Å². The number of thiophene rings is 1. The Kier molecular flexibility index (Phi) is 14.0. The number of hydrogen-bond acceptors (Lipinski definition) is 9. The molecule has 2 aliphatic heterocycles. The number of ether oxygens (including phenoxy) is 1. The molecule has 2 amide bonds. The first kappa shape index (κ1) is 38.1. The fourth-order valence-electron chi connectivity index (χ4n) is 7.02. The number of nitrogens with zero attached hydrogens (tertiary/aromatic N) is 2. The van der Waals surface area contributed by atoms with Gasteiger partial charge in [-0.1, -0.05) is 48.5 Å². The van der Waals surface area contributed by atoms with Crippen LogP contribution in [0.2, 0.25) is 0 Å². The van der Waals surface area contributed by atoms with Gasteiger partial charge in [-0.05, 0) is 106 Å². The van der Waals surface area contributed by atoms with Crippen molar-refractivity contribution in [1.82, 2.24) is 31.1 Å². The van der Waals surface area contributed by atoms with E-state index in [1.807, 2.05) is 47.4 Å². The molecular formula is C42H52N6O4S. The lowest BCUT2D eigenvalue weighted by Crippen LogP contribution is -2.53. The molecule has 4 aromatic rings. The molecule has 53 heavy (non-hydrogen) atoms. The minimum absolute atomic E-state index is 0.0663. The van der Waals surface area contributed by atoms with Gasteiger partial charge in [-0.2, -0.15) is 11.3 Å². The van der Waals surface area contributed by atoms with Crippen molar-refractivity contribution in [2.45, 2.75) is 57.2 Å². The molecule has 3 heterocycles. The van der Waals surface area contributed by atoms with Crippen molar-refractivity contribution < 1.29 is 19.7 Å². The summed E-state index contributed by atoms with van der Waals surface area (Å²) in [6, 6.07) is 23.7. The number of fused-ring (bicyclic) bond motifs is 2. The fourth-order valence-corrected chi connectivity index (χ4v) is 7.73. The largest absolute Gasteiger partial charge is 0.508 e. The smallest absolute Gasteiger partial charge is 0.317 e. The van der Waals surface area contributed by atoms with Crippen LogP contribution in [-0.2, 0) is 43.5 Å². The number of nitrogens with one attached hydrogen (secondary N) is 4. The van der Waals surface area contributed by atoms with Gasteiger partial charge in [0.15, 0.2) is 0 Å². The summed E-state index contributed by atoms with van der Waals surface area (Å²) >= 11 is 1.66. The van der Waals surface area contributed by atoms with Crippen molar-refractivity contribution in [3.05, 3.63) is 142 Å². The summed E-state index contributed by atoms with van der Waals surface area (Å²) < 4.78 is 6.46. The zero-order chi connectivity index (χ0) is 36.8. The summed E-state index contributed by atoms with van der Waals surface area (Å²) in [5, 5.41) is 38.0. The average Bonchev–Trinajstić information content (AvgIpc) is 3.69. The van der Waals surface area contributed by atoms with Gasteiger partial charge in [0.1, 0.15) is 11.5 Å². The van der Waals surface area contributed by atoms with E-state index in [-0.39, 0.29) is 29.6 Å². The Morgan fingerprint density at radius 2 is 1.55 bits per heavy atom. The summed E-state index contributed by atoms with van der Waals surface area (Å²) in [7, 11) is 0. The Bertz CT molecular complexity index is 1790. The lowest BCUT2D eigenvalue weighted by molar-refractivity contribution is -0.0315. The highest BCUT2D eigenvalue weighted by Gasteiger charge is 2.26. The zero-order valence-corrected chi connectivity index (χ0v) is 31.1. The number of carbonyl (C=O) groups is 1. The van der Waals surface area contributed by atoms with Crippen LogP contribution in [0, 0.1) is 0 Å². The SMILES string of the molecule is C=CCN(CC1Cc2ccc(O)cc2CN1)C(NCCc1ccccc1)OC=CCN(CC1Cc2ccc(O)cc2CN1)C(=O)NCCc1ccsc1. The molecular weight excluding hydrogens is 685 g/mol. The van der Waals surface area contributed by atoms with E-state index in [9.17, 15) is 15.0 Å². The topological polar surface area (TPSA) is 121 Å². The van der Waals surface area contributed by atoms with Crippen molar-refractivity contribution in [2.75, 3.05) is 39.3 Å². The van der Waals surface area contributed by atoms with Gasteiger partial charge < -0.3 is 35.8 Å². The van der Waals surface area contributed by atoms with Gasteiger partial charge in [-0.3, -0.25) is 10.2 Å². The maximum atomic E-state index is 13.6. The molecule has 0 aliphatic carbocycles. The quantitative estimate of drug-likeness (QED) is 0.0465.